The molecule has 0 fully saturated rings. The average Bonchev–Trinajstić information content (AvgIpc) is 2.24. The molecule has 0 amide bonds. The Balaban J connectivity index is 2.56. The van der Waals surface area contributed by atoms with Crippen LogP contribution < -0.4 is 5.73 Å². The predicted octanol–water partition coefficient (Wildman–Crippen LogP) is 2.93. The molecule has 0 aliphatic rings. The summed E-state index contributed by atoms with van der Waals surface area (Å²) in [6.45, 7) is -0.765. The Kier molecular flexibility index (Phi) is 5.03. The molecule has 2 nitrogen and oxygen atoms in total. The van der Waals surface area contributed by atoms with E-state index in [2.05, 4.69) is 0 Å². The van der Waals surface area contributed by atoms with Gasteiger partial charge < -0.3 is 10.5 Å². The highest BCUT2D eigenvalue weighted by molar-refractivity contribution is 7.80. The van der Waals surface area contributed by atoms with E-state index in [0.717, 1.165) is 6.07 Å². The Hall–Kier alpha value is -1.21. The van der Waals surface area contributed by atoms with E-state index in [1.165, 1.54) is 12.1 Å². The number of benzene rings is 1. The minimum absolute atomic E-state index is 0.0894. The number of halogens is 4. The summed E-state index contributed by atoms with van der Waals surface area (Å²) in [4.78, 5) is 0.0894. The number of hydrogen-bond acceptors (Lipinski definition) is 2. The van der Waals surface area contributed by atoms with Gasteiger partial charge in [0.15, 0.2) is 0 Å². The van der Waals surface area contributed by atoms with Gasteiger partial charge in [0.1, 0.15) is 10.8 Å². The largest absolute Gasteiger partial charge is 0.391 e. The van der Waals surface area contributed by atoms with Gasteiger partial charge in [-0.25, -0.2) is 4.39 Å². The van der Waals surface area contributed by atoms with Gasteiger partial charge in [0, 0.05) is 11.1 Å². The van der Waals surface area contributed by atoms with Crippen LogP contribution >= 0.6 is 12.2 Å². The minimum Gasteiger partial charge on any atom is -0.389 e. The molecule has 0 saturated heterocycles. The van der Waals surface area contributed by atoms with E-state index in [0.29, 0.717) is 5.56 Å². The molecule has 7 heteroatoms. The molecule has 1 rings (SSSR count). The van der Waals surface area contributed by atoms with Crippen molar-refractivity contribution in [2.45, 2.75) is 19.2 Å². The van der Waals surface area contributed by atoms with Gasteiger partial charge in [-0.05, 0) is 18.2 Å². The van der Waals surface area contributed by atoms with Gasteiger partial charge in [0.25, 0.3) is 0 Å². The van der Waals surface area contributed by atoms with Gasteiger partial charge in [0.2, 0.25) is 0 Å². The van der Waals surface area contributed by atoms with Crippen LogP contribution in [0.3, 0.4) is 0 Å². The first kappa shape index (κ1) is 14.8. The molecule has 1 aromatic carbocycles. The summed E-state index contributed by atoms with van der Waals surface area (Å²) >= 11 is 4.71. The van der Waals surface area contributed by atoms with Gasteiger partial charge in [0.05, 0.1) is 19.6 Å². The lowest BCUT2D eigenvalue weighted by Crippen LogP contribution is -2.13. The summed E-state index contributed by atoms with van der Waals surface area (Å²) in [6.07, 6.45) is -5.34. The van der Waals surface area contributed by atoms with Crippen LogP contribution in [0.15, 0.2) is 18.2 Å². The summed E-state index contributed by atoms with van der Waals surface area (Å²) in [5, 5.41) is 0. The first-order valence-corrected chi connectivity index (χ1v) is 5.43. The fourth-order valence-corrected chi connectivity index (χ4v) is 1.34. The second-order valence-corrected chi connectivity index (χ2v) is 4.03. The fourth-order valence-electron chi connectivity index (χ4n) is 1.21. The molecule has 1 aromatic rings. The summed E-state index contributed by atoms with van der Waals surface area (Å²) in [6, 6.07) is 3.92. The summed E-state index contributed by atoms with van der Waals surface area (Å²) < 4.78 is 53.6. The van der Waals surface area contributed by atoms with Crippen molar-refractivity contribution >= 4 is 17.2 Å². The summed E-state index contributed by atoms with van der Waals surface area (Å²) in [5.74, 6) is -0.568. The second kappa shape index (κ2) is 6.10. The molecule has 0 bridgehead atoms. The highest BCUT2D eigenvalue weighted by Crippen LogP contribution is 2.19. The van der Waals surface area contributed by atoms with E-state index in [1.807, 2.05) is 0 Å². The zero-order chi connectivity index (χ0) is 13.8. The molecule has 18 heavy (non-hydrogen) atoms. The Morgan fingerprint density at radius 1 is 1.33 bits per heavy atom. The molecular weight excluding hydrogens is 270 g/mol. The molecule has 0 heterocycles. The Morgan fingerprint density at radius 3 is 2.56 bits per heavy atom. The monoisotopic (exact) mass is 281 g/mol. The van der Waals surface area contributed by atoms with E-state index in [4.69, 9.17) is 22.7 Å². The van der Waals surface area contributed by atoms with Crippen LogP contribution in [0.1, 0.15) is 17.5 Å². The van der Waals surface area contributed by atoms with E-state index < -0.39 is 25.0 Å². The predicted molar refractivity (Wildman–Crippen MR) is 62.6 cm³/mol. The van der Waals surface area contributed by atoms with Gasteiger partial charge >= 0.3 is 6.18 Å². The summed E-state index contributed by atoms with van der Waals surface area (Å²) in [5.41, 5.74) is 5.94. The number of alkyl halides is 3. The molecule has 100 valence electrons. The third-order valence-corrected chi connectivity index (χ3v) is 2.35. The Morgan fingerprint density at radius 2 is 2.00 bits per heavy atom. The smallest absolute Gasteiger partial charge is 0.389 e. The quantitative estimate of drug-likeness (QED) is 0.512. The number of nitrogens with two attached hydrogens (primary N) is 1. The summed E-state index contributed by atoms with van der Waals surface area (Å²) in [7, 11) is 0. The molecule has 0 saturated carbocycles. The molecular formula is C11H11F4NOS. The van der Waals surface area contributed by atoms with Crippen molar-refractivity contribution in [1.29, 1.82) is 0 Å². The third-order valence-electron chi connectivity index (χ3n) is 2.12. The normalized spacial score (nSPS) is 11.6. The molecule has 0 aliphatic heterocycles. The second-order valence-electron chi connectivity index (χ2n) is 3.59. The van der Waals surface area contributed by atoms with Crippen molar-refractivity contribution < 1.29 is 22.3 Å². The fraction of sp³-hybridized carbons (Fsp3) is 0.364. The SMILES string of the molecule is NC(=S)c1ccc(F)c(COCCC(F)(F)F)c1. The Labute approximate surface area is 107 Å². The lowest BCUT2D eigenvalue weighted by molar-refractivity contribution is -0.146. The number of rotatable bonds is 5. The van der Waals surface area contributed by atoms with E-state index in [9.17, 15) is 17.6 Å². The molecule has 0 aromatic heterocycles. The van der Waals surface area contributed by atoms with Crippen LogP contribution in [-0.2, 0) is 11.3 Å². The van der Waals surface area contributed by atoms with Crippen LogP contribution in [0.5, 0.6) is 0 Å². The van der Waals surface area contributed by atoms with Crippen LogP contribution in [-0.4, -0.2) is 17.8 Å². The number of hydrogen-bond donors (Lipinski definition) is 1. The molecule has 2 N–H and O–H groups in total. The molecule has 0 unspecified atom stereocenters. The van der Waals surface area contributed by atoms with Crippen molar-refractivity contribution in [3.63, 3.8) is 0 Å². The molecule has 0 aliphatic carbocycles. The van der Waals surface area contributed by atoms with Gasteiger partial charge in [-0.2, -0.15) is 13.2 Å². The first-order valence-electron chi connectivity index (χ1n) is 5.02. The topological polar surface area (TPSA) is 35.2 Å². The van der Waals surface area contributed by atoms with Crippen molar-refractivity contribution in [2.75, 3.05) is 6.61 Å². The van der Waals surface area contributed by atoms with Crippen molar-refractivity contribution in [2.24, 2.45) is 5.73 Å². The van der Waals surface area contributed by atoms with Crippen molar-refractivity contribution in [1.82, 2.24) is 0 Å². The zero-order valence-electron chi connectivity index (χ0n) is 9.26. The van der Waals surface area contributed by atoms with Gasteiger partial charge in [-0.15, -0.1) is 0 Å². The highest BCUT2D eigenvalue weighted by atomic mass is 32.1. The number of thiocarbonyl (C=S) groups is 1. The van der Waals surface area contributed by atoms with Crippen LogP contribution in [0.4, 0.5) is 17.6 Å². The Bertz CT molecular complexity index is 434. The van der Waals surface area contributed by atoms with Crippen LogP contribution in [0.2, 0.25) is 0 Å². The van der Waals surface area contributed by atoms with Crippen molar-refractivity contribution in [3.8, 4) is 0 Å². The molecule has 0 radical (unpaired) electrons. The standard InChI is InChI=1S/C11H11F4NOS/c12-9-2-1-7(10(16)18)5-8(9)6-17-4-3-11(13,14)15/h1-2,5H,3-4,6H2,(H2,16,18). The minimum atomic E-state index is -4.28. The van der Waals surface area contributed by atoms with E-state index >= 15 is 0 Å². The lowest BCUT2D eigenvalue weighted by Gasteiger charge is -2.09. The average molecular weight is 281 g/mol. The maximum absolute atomic E-state index is 13.3. The maximum Gasteiger partial charge on any atom is 0.391 e. The van der Waals surface area contributed by atoms with E-state index in [-0.39, 0.29) is 17.2 Å². The van der Waals surface area contributed by atoms with Crippen LogP contribution in [0, 0.1) is 5.82 Å². The van der Waals surface area contributed by atoms with Gasteiger partial charge in [-0.3, -0.25) is 0 Å². The van der Waals surface area contributed by atoms with Crippen LogP contribution in [0.25, 0.3) is 0 Å². The first-order chi connectivity index (χ1) is 8.29. The number of ether oxygens (including phenoxy) is 1. The van der Waals surface area contributed by atoms with Gasteiger partial charge in [-0.1, -0.05) is 12.2 Å². The third kappa shape index (κ3) is 4.97. The van der Waals surface area contributed by atoms with Crippen molar-refractivity contribution in [3.05, 3.63) is 35.1 Å². The zero-order valence-corrected chi connectivity index (χ0v) is 10.1. The van der Waals surface area contributed by atoms with E-state index in [1.54, 1.807) is 0 Å². The molecule has 0 atom stereocenters. The maximum atomic E-state index is 13.3. The molecule has 0 spiro atoms. The highest BCUT2D eigenvalue weighted by Gasteiger charge is 2.26. The lowest BCUT2D eigenvalue weighted by atomic mass is 10.1.